The Morgan fingerprint density at radius 3 is 2.21 bits per heavy atom. The molecule has 0 unspecified atom stereocenters. The fourth-order valence-electron chi connectivity index (χ4n) is 6.59. The minimum Gasteiger partial charge on any atom is -0.372 e. The fraction of sp³-hybridized carbons (Fsp3) is 0.553. The number of nitrogens with one attached hydrogen (secondary N) is 3. The van der Waals surface area contributed by atoms with Crippen molar-refractivity contribution in [3.8, 4) is 0 Å². The Hall–Kier alpha value is -4.21. The number of piperidine rings is 1. The number of hydrogen-bond acceptors (Lipinski definition) is 10. The molecular weight excluding hydrogens is 715 g/mol. The molecule has 13 nitrogen and oxygen atoms in total. The second-order valence-corrected chi connectivity index (χ2v) is 15.7. The van der Waals surface area contributed by atoms with Crippen molar-refractivity contribution >= 4 is 52.2 Å². The van der Waals surface area contributed by atoms with Crippen LogP contribution in [0.3, 0.4) is 0 Å². The zero-order valence-corrected chi connectivity index (χ0v) is 32.4. The predicted molar refractivity (Wildman–Crippen MR) is 203 cm³/mol. The summed E-state index contributed by atoms with van der Waals surface area (Å²) < 4.78 is 5.28. The van der Waals surface area contributed by atoms with Crippen LogP contribution < -0.4 is 16.0 Å². The maximum absolute atomic E-state index is 13.8. The summed E-state index contributed by atoms with van der Waals surface area (Å²) in [6.45, 7) is 8.62. The van der Waals surface area contributed by atoms with Crippen LogP contribution in [0.5, 0.6) is 0 Å². The van der Waals surface area contributed by atoms with Crippen LogP contribution in [0, 0.1) is 11.8 Å². The summed E-state index contributed by atoms with van der Waals surface area (Å²) >= 11 is 2.65. The first kappa shape index (κ1) is 40.0. The van der Waals surface area contributed by atoms with Crippen LogP contribution in [0.4, 0.5) is 0 Å². The Bertz CT molecular complexity index is 1690. The highest BCUT2D eigenvalue weighted by Gasteiger charge is 2.31. The van der Waals surface area contributed by atoms with Crippen molar-refractivity contribution in [2.75, 3.05) is 45.9 Å². The molecule has 2 aromatic heterocycles. The molecule has 1 fully saturated rings. The molecule has 1 aromatic carbocycles. The van der Waals surface area contributed by atoms with E-state index in [1.807, 2.05) is 37.3 Å². The number of ether oxygens (including phenoxy) is 1. The molecule has 0 radical (unpaired) electrons. The third kappa shape index (κ3) is 11.6. The average molecular weight is 766 g/mol. The molecule has 0 spiro atoms. The average Bonchev–Trinajstić information content (AvgIpc) is 3.86. The van der Waals surface area contributed by atoms with Crippen molar-refractivity contribution in [1.29, 1.82) is 0 Å². The minimum atomic E-state index is -0.504. The zero-order valence-electron chi connectivity index (χ0n) is 30.8. The summed E-state index contributed by atoms with van der Waals surface area (Å²) in [5.41, 5.74) is 1.52. The van der Waals surface area contributed by atoms with Crippen molar-refractivity contribution in [1.82, 2.24) is 35.7 Å². The van der Waals surface area contributed by atoms with E-state index in [9.17, 15) is 24.0 Å². The summed E-state index contributed by atoms with van der Waals surface area (Å²) in [7, 11) is 0. The Labute approximate surface area is 319 Å². The highest BCUT2D eigenvalue weighted by atomic mass is 32.1. The minimum absolute atomic E-state index is 0.00537. The van der Waals surface area contributed by atoms with Crippen LogP contribution in [0.15, 0.2) is 41.1 Å². The van der Waals surface area contributed by atoms with E-state index in [1.165, 1.54) is 22.7 Å². The molecule has 2 aliphatic heterocycles. The van der Waals surface area contributed by atoms with Crippen LogP contribution in [0.2, 0.25) is 0 Å². The van der Waals surface area contributed by atoms with E-state index in [2.05, 4.69) is 39.8 Å². The van der Waals surface area contributed by atoms with E-state index in [0.29, 0.717) is 87.9 Å². The zero-order chi connectivity index (χ0) is 37.7. The van der Waals surface area contributed by atoms with Crippen LogP contribution in [0.25, 0.3) is 0 Å². The topological polar surface area (TPSA) is 163 Å². The third-order valence-corrected chi connectivity index (χ3v) is 11.3. The molecule has 5 rings (SSSR count). The van der Waals surface area contributed by atoms with Crippen LogP contribution in [0.1, 0.15) is 108 Å². The smallest absolute Gasteiger partial charge is 0.271 e. The molecule has 2 aliphatic rings. The molecule has 1 saturated heterocycles. The van der Waals surface area contributed by atoms with Gasteiger partial charge in [-0.25, -0.2) is 9.97 Å². The maximum Gasteiger partial charge on any atom is 0.271 e. The van der Waals surface area contributed by atoms with Crippen molar-refractivity contribution < 1.29 is 28.7 Å². The number of amides is 5. The number of carbonyl (C=O) groups is 5. The Balaban J connectivity index is 1.34. The number of carbonyl (C=O) groups excluding carboxylic acids is 5. The number of fused-ring (bicyclic) bond motifs is 4. The number of rotatable bonds is 8. The fourth-order valence-corrected chi connectivity index (χ4v) is 8.30. The van der Waals surface area contributed by atoms with Crippen molar-refractivity contribution in [2.45, 2.75) is 77.8 Å². The maximum atomic E-state index is 13.8. The number of hydrogen-bond donors (Lipinski definition) is 3. The number of aromatic nitrogens is 2. The van der Waals surface area contributed by atoms with E-state index in [-0.39, 0.29) is 71.8 Å². The lowest BCUT2D eigenvalue weighted by atomic mass is 9.95. The van der Waals surface area contributed by atoms with Crippen molar-refractivity contribution in [3.63, 3.8) is 0 Å². The Kier molecular flexibility index (Phi) is 14.9. The second kappa shape index (κ2) is 19.7. The molecule has 0 aliphatic carbocycles. The van der Waals surface area contributed by atoms with Gasteiger partial charge < -0.3 is 30.5 Å². The van der Waals surface area contributed by atoms with Gasteiger partial charge in [-0.1, -0.05) is 44.2 Å². The molecule has 3 aromatic rings. The van der Waals surface area contributed by atoms with Crippen LogP contribution >= 0.6 is 22.7 Å². The first-order valence-corrected chi connectivity index (χ1v) is 20.3. The summed E-state index contributed by atoms with van der Waals surface area (Å²) in [6.07, 6.45) is 3.43. The highest BCUT2D eigenvalue weighted by molar-refractivity contribution is 7.10. The summed E-state index contributed by atoms with van der Waals surface area (Å²) in [4.78, 5) is 79.3. The van der Waals surface area contributed by atoms with E-state index in [1.54, 1.807) is 20.6 Å². The largest absolute Gasteiger partial charge is 0.372 e. The predicted octanol–water partition coefficient (Wildman–Crippen LogP) is 4.53. The van der Waals surface area contributed by atoms with E-state index < -0.39 is 6.04 Å². The third-order valence-electron chi connectivity index (χ3n) is 9.40. The molecule has 4 heterocycles. The molecule has 4 bridgehead atoms. The van der Waals surface area contributed by atoms with Gasteiger partial charge in [-0.05, 0) is 56.9 Å². The summed E-state index contributed by atoms with van der Waals surface area (Å²) in [6, 6.07) is 8.90. The standard InChI is InChI=1S/C38H51N7O6S2/c1-4-51-22-33(47)44-18-13-27(14-19-44)38(50)45-16-8-12-32(46)40-28(20-25(2)3)36-43-31(24-53-36)35(49)41-29(21-26-10-6-5-7-11-26)37-42-30(23-52-37)34(48)39-15-9-17-45/h5-7,10-11,23-25,27-29H,4,8-9,12-22H2,1-3H3,(H,39,48)(H,40,46)(H,41,49)/t28-,29-/m0/s1. The number of benzene rings is 1. The summed E-state index contributed by atoms with van der Waals surface area (Å²) in [5, 5.41) is 13.8. The Morgan fingerprint density at radius 2 is 1.53 bits per heavy atom. The monoisotopic (exact) mass is 765 g/mol. The molecule has 5 amide bonds. The molecule has 286 valence electrons. The highest BCUT2D eigenvalue weighted by Crippen LogP contribution is 2.27. The van der Waals surface area contributed by atoms with Gasteiger partial charge in [0.1, 0.15) is 28.0 Å². The lowest BCUT2D eigenvalue weighted by Crippen LogP contribution is -2.46. The first-order chi connectivity index (χ1) is 25.6. The van der Waals surface area contributed by atoms with Gasteiger partial charge in [0.2, 0.25) is 17.7 Å². The van der Waals surface area contributed by atoms with Gasteiger partial charge in [0, 0.05) is 62.4 Å². The quantitative estimate of drug-likeness (QED) is 0.301. The van der Waals surface area contributed by atoms with E-state index in [4.69, 9.17) is 4.74 Å². The van der Waals surface area contributed by atoms with Crippen LogP contribution in [-0.4, -0.2) is 95.2 Å². The molecule has 0 saturated carbocycles. The van der Waals surface area contributed by atoms with Gasteiger partial charge in [-0.3, -0.25) is 24.0 Å². The van der Waals surface area contributed by atoms with Gasteiger partial charge in [-0.15, -0.1) is 22.7 Å². The van der Waals surface area contributed by atoms with Crippen molar-refractivity contribution in [3.05, 3.63) is 68.1 Å². The van der Waals surface area contributed by atoms with E-state index >= 15 is 0 Å². The number of likely N-dealkylation sites (tertiary alicyclic amines) is 1. The van der Waals surface area contributed by atoms with Gasteiger partial charge in [0.15, 0.2) is 0 Å². The molecule has 3 N–H and O–H groups in total. The number of nitrogens with zero attached hydrogens (tertiary/aromatic N) is 4. The molecule has 2 atom stereocenters. The molecule has 15 heteroatoms. The first-order valence-electron chi connectivity index (χ1n) is 18.6. The normalized spacial score (nSPS) is 20.0. The number of thiazole rings is 2. The van der Waals surface area contributed by atoms with Gasteiger partial charge >= 0.3 is 0 Å². The van der Waals surface area contributed by atoms with Gasteiger partial charge in [0.05, 0.1) is 12.1 Å². The Morgan fingerprint density at radius 1 is 0.868 bits per heavy atom. The molecular formula is C38H51N7O6S2. The SMILES string of the molecule is CCOCC(=O)N1CCC(C(=O)N2CCCNC(=O)c3csc(n3)[C@H](Cc3ccccc3)NC(=O)c3csc(n3)[C@H](CC(C)C)NC(=O)CCC2)CC1. The lowest BCUT2D eigenvalue weighted by molar-refractivity contribution is -0.143. The van der Waals surface area contributed by atoms with Crippen molar-refractivity contribution in [2.24, 2.45) is 11.8 Å². The van der Waals surface area contributed by atoms with Gasteiger partial charge in [0.25, 0.3) is 11.8 Å². The van der Waals surface area contributed by atoms with E-state index in [0.717, 1.165) is 5.56 Å². The lowest BCUT2D eigenvalue weighted by Gasteiger charge is -2.34. The molecule has 53 heavy (non-hydrogen) atoms. The second-order valence-electron chi connectivity index (χ2n) is 13.9. The van der Waals surface area contributed by atoms with Gasteiger partial charge in [-0.2, -0.15) is 0 Å². The summed E-state index contributed by atoms with van der Waals surface area (Å²) in [5.74, 6) is -0.867. The van der Waals surface area contributed by atoms with Crippen LogP contribution in [-0.2, 0) is 25.5 Å².